The SMILES string of the molecule is CCCC/C=C\C/C=C\CCCCCCCCOCC(COP(=O)(O)OCC(O)CO)OC(=O)CCCCCCC/C=C\C/C=C\CCCCCC. The van der Waals surface area contributed by atoms with E-state index in [0.717, 1.165) is 70.6 Å². The zero-order valence-electron chi connectivity index (χ0n) is 33.0. The molecule has 0 amide bonds. The molecule has 0 bridgehead atoms. The number of phosphoric acid groups is 1. The van der Waals surface area contributed by atoms with Gasteiger partial charge in [-0.1, -0.05) is 140 Å². The van der Waals surface area contributed by atoms with Crippen LogP contribution in [-0.4, -0.2) is 66.3 Å². The van der Waals surface area contributed by atoms with Crippen LogP contribution in [0, 0.1) is 0 Å². The summed E-state index contributed by atoms with van der Waals surface area (Å²) in [6.45, 7) is 3.41. The highest BCUT2D eigenvalue weighted by Gasteiger charge is 2.26. The number of carbonyl (C=O) groups is 1. The molecule has 0 aromatic carbocycles. The molecule has 0 aliphatic heterocycles. The maximum atomic E-state index is 12.6. The van der Waals surface area contributed by atoms with Gasteiger partial charge in [-0.15, -0.1) is 0 Å². The van der Waals surface area contributed by atoms with Crippen molar-refractivity contribution in [3.8, 4) is 0 Å². The van der Waals surface area contributed by atoms with Crippen molar-refractivity contribution in [2.45, 2.75) is 180 Å². The molecule has 52 heavy (non-hydrogen) atoms. The fraction of sp³-hybridized carbons (Fsp3) is 0.786. The van der Waals surface area contributed by atoms with Gasteiger partial charge in [0, 0.05) is 13.0 Å². The summed E-state index contributed by atoms with van der Waals surface area (Å²) in [5.41, 5.74) is 0. The van der Waals surface area contributed by atoms with Crippen LogP contribution in [0.15, 0.2) is 48.6 Å². The summed E-state index contributed by atoms with van der Waals surface area (Å²) in [7, 11) is -4.52. The molecule has 0 aliphatic carbocycles. The Labute approximate surface area is 317 Å². The van der Waals surface area contributed by atoms with E-state index in [2.05, 4.69) is 62.5 Å². The fourth-order valence-electron chi connectivity index (χ4n) is 5.28. The lowest BCUT2D eigenvalue weighted by molar-refractivity contribution is -0.154. The van der Waals surface area contributed by atoms with Crippen LogP contribution in [0.4, 0.5) is 0 Å². The Bertz CT molecular complexity index is 950. The Hall–Kier alpha value is -1.58. The zero-order chi connectivity index (χ0) is 38.2. The Morgan fingerprint density at radius 2 is 1.06 bits per heavy atom. The first-order chi connectivity index (χ1) is 25.3. The standard InChI is InChI=1S/C42H77O9P/c1-3-5-7-9-11-13-15-17-19-20-22-24-26-28-30-32-34-42(45)51-41(39-50-52(46,47)49-37-40(44)36-43)38-48-35-33-31-29-27-25-23-21-18-16-14-12-10-8-6-4-2/h10,12-13,15-16,18-20,40-41,43-44H,3-9,11,14,17,21-39H2,1-2H3,(H,46,47)/b12-10-,15-13-,18-16-,20-19-. The van der Waals surface area contributed by atoms with Crippen molar-refractivity contribution >= 4 is 13.8 Å². The summed E-state index contributed by atoms with van der Waals surface area (Å²) in [5, 5.41) is 18.3. The lowest BCUT2D eigenvalue weighted by Gasteiger charge is -2.20. The molecule has 0 fully saturated rings. The van der Waals surface area contributed by atoms with Crippen molar-refractivity contribution in [1.29, 1.82) is 0 Å². The number of allylic oxidation sites excluding steroid dienone is 8. The van der Waals surface area contributed by atoms with Crippen molar-refractivity contribution in [1.82, 2.24) is 0 Å². The number of carbonyl (C=O) groups excluding carboxylic acids is 1. The van der Waals surface area contributed by atoms with Gasteiger partial charge in [0.1, 0.15) is 12.2 Å². The number of ether oxygens (including phenoxy) is 2. The van der Waals surface area contributed by atoms with Crippen LogP contribution >= 0.6 is 7.82 Å². The molecule has 0 aliphatic rings. The van der Waals surface area contributed by atoms with E-state index in [1.165, 1.54) is 70.6 Å². The Kier molecular flexibility index (Phi) is 37.9. The highest BCUT2D eigenvalue weighted by atomic mass is 31.2. The predicted octanol–water partition coefficient (Wildman–Crippen LogP) is 11.0. The number of hydrogen-bond acceptors (Lipinski definition) is 8. The van der Waals surface area contributed by atoms with Gasteiger partial charge in [0.25, 0.3) is 0 Å². The summed E-state index contributed by atoms with van der Waals surface area (Å²) in [5.74, 6) is -0.402. The van der Waals surface area contributed by atoms with Crippen LogP contribution in [0.5, 0.6) is 0 Å². The molecular weight excluding hydrogens is 679 g/mol. The van der Waals surface area contributed by atoms with Gasteiger partial charge < -0.3 is 24.6 Å². The van der Waals surface area contributed by atoms with Crippen molar-refractivity contribution < 1.29 is 43.0 Å². The van der Waals surface area contributed by atoms with Crippen LogP contribution in [0.25, 0.3) is 0 Å². The van der Waals surface area contributed by atoms with Crippen LogP contribution in [0.3, 0.4) is 0 Å². The van der Waals surface area contributed by atoms with Gasteiger partial charge in [-0.05, 0) is 70.6 Å². The largest absolute Gasteiger partial charge is 0.472 e. The van der Waals surface area contributed by atoms with E-state index >= 15 is 0 Å². The third-order valence-electron chi connectivity index (χ3n) is 8.49. The molecule has 0 heterocycles. The molecule has 3 unspecified atom stereocenters. The van der Waals surface area contributed by atoms with E-state index in [0.29, 0.717) is 13.0 Å². The van der Waals surface area contributed by atoms with Crippen molar-refractivity contribution in [3.05, 3.63) is 48.6 Å². The Balaban J connectivity index is 4.25. The average Bonchev–Trinajstić information content (AvgIpc) is 3.13. The molecule has 10 heteroatoms. The monoisotopic (exact) mass is 757 g/mol. The second kappa shape index (κ2) is 39.1. The van der Waals surface area contributed by atoms with Crippen LogP contribution in [0.1, 0.15) is 168 Å². The molecule has 9 nitrogen and oxygen atoms in total. The number of hydrogen-bond donors (Lipinski definition) is 3. The number of esters is 1. The minimum absolute atomic E-state index is 0.0351. The average molecular weight is 757 g/mol. The quantitative estimate of drug-likeness (QED) is 0.0243. The van der Waals surface area contributed by atoms with Gasteiger partial charge in [-0.25, -0.2) is 4.57 Å². The van der Waals surface area contributed by atoms with Gasteiger partial charge in [-0.3, -0.25) is 13.8 Å². The van der Waals surface area contributed by atoms with E-state index < -0.39 is 39.2 Å². The first-order valence-corrected chi connectivity index (χ1v) is 22.1. The first kappa shape index (κ1) is 50.4. The molecular formula is C42H77O9P. The molecule has 0 rings (SSSR count). The van der Waals surface area contributed by atoms with Crippen molar-refractivity contribution in [2.24, 2.45) is 0 Å². The minimum Gasteiger partial charge on any atom is -0.457 e. The maximum absolute atomic E-state index is 12.6. The summed E-state index contributed by atoms with van der Waals surface area (Å²) in [4.78, 5) is 22.5. The second-order valence-corrected chi connectivity index (χ2v) is 15.1. The van der Waals surface area contributed by atoms with E-state index in [9.17, 15) is 19.4 Å². The lowest BCUT2D eigenvalue weighted by atomic mass is 10.1. The normalized spacial score (nSPS) is 14.6. The van der Waals surface area contributed by atoms with Crippen LogP contribution in [0.2, 0.25) is 0 Å². The van der Waals surface area contributed by atoms with E-state index in [-0.39, 0.29) is 19.6 Å². The van der Waals surface area contributed by atoms with E-state index in [1.807, 2.05) is 0 Å². The number of phosphoric ester groups is 1. The molecule has 304 valence electrons. The predicted molar refractivity (Wildman–Crippen MR) is 214 cm³/mol. The van der Waals surface area contributed by atoms with E-state index in [4.69, 9.17) is 23.6 Å². The Morgan fingerprint density at radius 3 is 1.60 bits per heavy atom. The molecule has 0 saturated heterocycles. The van der Waals surface area contributed by atoms with Crippen LogP contribution < -0.4 is 0 Å². The Morgan fingerprint density at radius 1 is 0.596 bits per heavy atom. The third kappa shape index (κ3) is 38.2. The number of aliphatic hydroxyl groups excluding tert-OH is 2. The lowest BCUT2D eigenvalue weighted by Crippen LogP contribution is -2.29. The van der Waals surface area contributed by atoms with Crippen LogP contribution in [-0.2, 0) is 27.9 Å². The highest BCUT2D eigenvalue weighted by Crippen LogP contribution is 2.43. The highest BCUT2D eigenvalue weighted by molar-refractivity contribution is 7.47. The number of unbranched alkanes of at least 4 members (excludes halogenated alkanes) is 17. The molecule has 3 N–H and O–H groups in total. The summed E-state index contributed by atoms with van der Waals surface area (Å²) >= 11 is 0. The molecule has 3 atom stereocenters. The van der Waals surface area contributed by atoms with Crippen molar-refractivity contribution in [3.63, 3.8) is 0 Å². The van der Waals surface area contributed by atoms with E-state index in [1.54, 1.807) is 0 Å². The first-order valence-electron chi connectivity index (χ1n) is 20.6. The van der Waals surface area contributed by atoms with Gasteiger partial charge >= 0.3 is 13.8 Å². The second-order valence-electron chi connectivity index (χ2n) is 13.6. The number of rotatable bonds is 39. The third-order valence-corrected chi connectivity index (χ3v) is 9.44. The van der Waals surface area contributed by atoms with Gasteiger partial charge in [0.05, 0.1) is 26.4 Å². The summed E-state index contributed by atoms with van der Waals surface area (Å²) in [6.07, 6.45) is 42.0. The number of aliphatic hydroxyl groups is 2. The van der Waals surface area contributed by atoms with Crippen molar-refractivity contribution in [2.75, 3.05) is 33.0 Å². The molecule has 0 radical (unpaired) electrons. The molecule has 0 aromatic heterocycles. The summed E-state index contributed by atoms with van der Waals surface area (Å²) in [6, 6.07) is 0. The zero-order valence-corrected chi connectivity index (χ0v) is 33.9. The van der Waals surface area contributed by atoms with Gasteiger partial charge in [-0.2, -0.15) is 0 Å². The molecule has 0 spiro atoms. The smallest absolute Gasteiger partial charge is 0.457 e. The molecule has 0 saturated carbocycles. The minimum atomic E-state index is -4.52. The summed E-state index contributed by atoms with van der Waals surface area (Å²) < 4.78 is 33.3. The maximum Gasteiger partial charge on any atom is 0.472 e. The van der Waals surface area contributed by atoms with Gasteiger partial charge in [0.2, 0.25) is 0 Å². The van der Waals surface area contributed by atoms with Gasteiger partial charge in [0.15, 0.2) is 0 Å². The topological polar surface area (TPSA) is 132 Å². The molecule has 0 aromatic rings. The fourth-order valence-corrected chi connectivity index (χ4v) is 6.07.